The zero-order valence-electron chi connectivity index (χ0n) is 13.0. The van der Waals surface area contributed by atoms with E-state index in [-0.39, 0.29) is 17.8 Å². The van der Waals surface area contributed by atoms with Crippen molar-refractivity contribution in [3.05, 3.63) is 35.9 Å². The van der Waals surface area contributed by atoms with Crippen LogP contribution < -0.4 is 5.32 Å². The van der Waals surface area contributed by atoms with Gasteiger partial charge in [0.15, 0.2) is 0 Å². The van der Waals surface area contributed by atoms with E-state index >= 15 is 0 Å². The molecule has 1 aromatic carbocycles. The smallest absolute Gasteiger partial charge is 0.310 e. The Balaban J connectivity index is 2.28. The van der Waals surface area contributed by atoms with E-state index in [9.17, 15) is 9.59 Å². The number of esters is 1. The molecule has 0 heterocycles. The topological polar surface area (TPSA) is 58.6 Å². The Labute approximate surface area is 126 Å². The molecular formula is C16H24N2O3. The molecule has 21 heavy (non-hydrogen) atoms. The molecule has 0 aliphatic carbocycles. The molecule has 0 bridgehead atoms. The maximum atomic E-state index is 11.9. The first-order valence-corrected chi connectivity index (χ1v) is 7.12. The normalized spacial score (nSPS) is 12.0. The average Bonchev–Trinajstić information content (AvgIpc) is 2.51. The summed E-state index contributed by atoms with van der Waals surface area (Å²) in [7, 11) is 3.51. The van der Waals surface area contributed by atoms with Gasteiger partial charge in [-0.3, -0.25) is 9.59 Å². The van der Waals surface area contributed by atoms with Crippen molar-refractivity contribution in [1.82, 2.24) is 10.2 Å². The lowest BCUT2D eigenvalue weighted by Gasteiger charge is -2.20. The highest BCUT2D eigenvalue weighted by Crippen LogP contribution is 2.06. The van der Waals surface area contributed by atoms with Crippen LogP contribution in [0, 0.1) is 5.92 Å². The highest BCUT2D eigenvalue weighted by atomic mass is 16.5. The summed E-state index contributed by atoms with van der Waals surface area (Å²) in [6.45, 7) is 3.33. The first-order chi connectivity index (χ1) is 10.0. The maximum absolute atomic E-state index is 11.9. The molecule has 0 aliphatic heterocycles. The molecule has 5 heteroatoms. The molecule has 0 saturated heterocycles. The van der Waals surface area contributed by atoms with E-state index < -0.39 is 0 Å². The largest absolute Gasteiger partial charge is 0.461 e. The highest BCUT2D eigenvalue weighted by Gasteiger charge is 2.17. The van der Waals surface area contributed by atoms with E-state index in [4.69, 9.17) is 4.74 Å². The summed E-state index contributed by atoms with van der Waals surface area (Å²) in [6.07, 6.45) is 0.429. The molecule has 1 rings (SSSR count). The second kappa shape index (κ2) is 9.13. The lowest BCUT2D eigenvalue weighted by atomic mass is 10.1. The van der Waals surface area contributed by atoms with Crippen molar-refractivity contribution in [2.24, 2.45) is 5.92 Å². The predicted octanol–water partition coefficient (Wildman–Crippen LogP) is 1.43. The third kappa shape index (κ3) is 6.90. The minimum atomic E-state index is -0.219. The van der Waals surface area contributed by atoms with E-state index in [2.05, 4.69) is 5.32 Å². The highest BCUT2D eigenvalue weighted by molar-refractivity contribution is 5.75. The van der Waals surface area contributed by atoms with Crippen LogP contribution in [0.4, 0.5) is 0 Å². The van der Waals surface area contributed by atoms with Crippen LogP contribution in [0.5, 0.6) is 0 Å². The molecular weight excluding hydrogens is 268 g/mol. The fourth-order valence-electron chi connectivity index (χ4n) is 1.92. The van der Waals surface area contributed by atoms with Gasteiger partial charge in [-0.1, -0.05) is 37.3 Å². The standard InChI is InChI=1S/C16H24N2O3/c1-13(11-18(3)10-9-15(19)17-2)16(20)21-12-14-7-5-4-6-8-14/h4-8,13H,9-12H2,1-3H3,(H,17,19). The summed E-state index contributed by atoms with van der Waals surface area (Å²) in [5, 5.41) is 2.58. The number of nitrogens with one attached hydrogen (secondary N) is 1. The van der Waals surface area contributed by atoms with Crippen LogP contribution in [0.2, 0.25) is 0 Å². The lowest BCUT2D eigenvalue weighted by Crippen LogP contribution is -2.32. The monoisotopic (exact) mass is 292 g/mol. The summed E-state index contributed by atoms with van der Waals surface area (Å²) in [5.41, 5.74) is 0.978. The van der Waals surface area contributed by atoms with Crippen molar-refractivity contribution < 1.29 is 14.3 Å². The van der Waals surface area contributed by atoms with E-state index in [0.29, 0.717) is 26.1 Å². The number of carbonyl (C=O) groups is 2. The zero-order valence-corrected chi connectivity index (χ0v) is 13.0. The van der Waals surface area contributed by atoms with Crippen molar-refractivity contribution in [3.8, 4) is 0 Å². The van der Waals surface area contributed by atoms with E-state index in [0.717, 1.165) is 5.56 Å². The van der Waals surface area contributed by atoms with Gasteiger partial charge in [0.25, 0.3) is 0 Å². The van der Waals surface area contributed by atoms with Gasteiger partial charge < -0.3 is 15.0 Å². The lowest BCUT2D eigenvalue weighted by molar-refractivity contribution is -0.149. The minimum absolute atomic E-state index is 0.00107. The number of hydrogen-bond acceptors (Lipinski definition) is 4. The van der Waals surface area contributed by atoms with Gasteiger partial charge in [-0.05, 0) is 12.6 Å². The van der Waals surface area contributed by atoms with Crippen LogP contribution in [-0.2, 0) is 20.9 Å². The Kier molecular flexibility index (Phi) is 7.46. The minimum Gasteiger partial charge on any atom is -0.461 e. The molecule has 116 valence electrons. The van der Waals surface area contributed by atoms with Crippen LogP contribution in [-0.4, -0.2) is 44.0 Å². The summed E-state index contributed by atoms with van der Waals surface area (Å²) in [4.78, 5) is 25.0. The van der Waals surface area contributed by atoms with Crippen molar-refractivity contribution in [3.63, 3.8) is 0 Å². The third-order valence-corrected chi connectivity index (χ3v) is 3.21. The van der Waals surface area contributed by atoms with Crippen LogP contribution >= 0.6 is 0 Å². The first-order valence-electron chi connectivity index (χ1n) is 7.12. The number of ether oxygens (including phenoxy) is 1. The second-order valence-electron chi connectivity index (χ2n) is 5.18. The summed E-state index contributed by atoms with van der Waals surface area (Å²) < 4.78 is 5.29. The van der Waals surface area contributed by atoms with E-state index in [1.807, 2.05) is 49.2 Å². The Morgan fingerprint density at radius 2 is 1.95 bits per heavy atom. The fraction of sp³-hybridized carbons (Fsp3) is 0.500. The van der Waals surface area contributed by atoms with Crippen LogP contribution in [0.3, 0.4) is 0 Å². The number of rotatable bonds is 8. The molecule has 0 aromatic heterocycles. The Morgan fingerprint density at radius 1 is 1.29 bits per heavy atom. The van der Waals surface area contributed by atoms with Crippen molar-refractivity contribution in [2.45, 2.75) is 20.0 Å². The molecule has 1 atom stereocenters. The van der Waals surface area contributed by atoms with Gasteiger partial charge >= 0.3 is 5.97 Å². The second-order valence-corrected chi connectivity index (χ2v) is 5.18. The van der Waals surface area contributed by atoms with E-state index in [1.165, 1.54) is 0 Å². The van der Waals surface area contributed by atoms with Gasteiger partial charge in [-0.15, -0.1) is 0 Å². The predicted molar refractivity (Wildman–Crippen MR) is 81.6 cm³/mol. The number of carbonyl (C=O) groups excluding carboxylic acids is 2. The van der Waals surface area contributed by atoms with Crippen molar-refractivity contribution in [2.75, 3.05) is 27.2 Å². The molecule has 0 aliphatic rings. The first kappa shape index (κ1) is 17.2. The average molecular weight is 292 g/mol. The van der Waals surface area contributed by atoms with Crippen LogP contribution in [0.1, 0.15) is 18.9 Å². The molecule has 0 radical (unpaired) electrons. The summed E-state index contributed by atoms with van der Waals surface area (Å²) >= 11 is 0. The molecule has 1 N–H and O–H groups in total. The number of benzene rings is 1. The van der Waals surface area contributed by atoms with Gasteiger partial charge in [0.05, 0.1) is 5.92 Å². The molecule has 5 nitrogen and oxygen atoms in total. The van der Waals surface area contributed by atoms with Crippen molar-refractivity contribution in [1.29, 1.82) is 0 Å². The van der Waals surface area contributed by atoms with Crippen LogP contribution in [0.25, 0.3) is 0 Å². The SMILES string of the molecule is CNC(=O)CCN(C)CC(C)C(=O)OCc1ccccc1. The quantitative estimate of drug-likeness (QED) is 0.737. The molecule has 1 amide bonds. The molecule has 0 spiro atoms. The van der Waals surface area contributed by atoms with E-state index in [1.54, 1.807) is 7.05 Å². The van der Waals surface area contributed by atoms with Gasteiger partial charge in [0.2, 0.25) is 5.91 Å². The van der Waals surface area contributed by atoms with Gasteiger partial charge in [0.1, 0.15) is 6.61 Å². The Morgan fingerprint density at radius 3 is 2.57 bits per heavy atom. The summed E-state index contributed by atoms with van der Waals surface area (Å²) in [6, 6.07) is 9.61. The number of nitrogens with zero attached hydrogens (tertiary/aromatic N) is 1. The van der Waals surface area contributed by atoms with Gasteiger partial charge in [-0.2, -0.15) is 0 Å². The maximum Gasteiger partial charge on any atom is 0.310 e. The zero-order chi connectivity index (χ0) is 15.7. The Bertz CT molecular complexity index is 448. The fourth-order valence-corrected chi connectivity index (χ4v) is 1.92. The number of amides is 1. The van der Waals surface area contributed by atoms with Gasteiger partial charge in [0, 0.05) is 26.6 Å². The molecule has 0 saturated carbocycles. The van der Waals surface area contributed by atoms with Crippen LogP contribution in [0.15, 0.2) is 30.3 Å². The molecule has 0 fully saturated rings. The number of hydrogen-bond donors (Lipinski definition) is 1. The Hall–Kier alpha value is -1.88. The van der Waals surface area contributed by atoms with Crippen molar-refractivity contribution >= 4 is 11.9 Å². The summed E-state index contributed by atoms with van der Waals surface area (Å²) in [5.74, 6) is -0.435. The van der Waals surface area contributed by atoms with Gasteiger partial charge in [-0.25, -0.2) is 0 Å². The third-order valence-electron chi connectivity index (χ3n) is 3.21. The molecule has 1 aromatic rings. The molecule has 1 unspecified atom stereocenters.